The Labute approximate surface area is 120 Å². The molecule has 0 unspecified atom stereocenters. The number of anilines is 1. The third-order valence-electron chi connectivity index (χ3n) is 2.65. The molecule has 110 valence electrons. The number of hydrogen-bond donors (Lipinski definition) is 2. The topological polar surface area (TPSA) is 53.8 Å². The first-order valence-corrected chi connectivity index (χ1v) is 6.30. The minimum atomic E-state index is -0.751. The van der Waals surface area contributed by atoms with Gasteiger partial charge in [0.1, 0.15) is 5.82 Å². The number of nitrogens with zero attached hydrogens (tertiary/aromatic N) is 1. The van der Waals surface area contributed by atoms with E-state index >= 15 is 0 Å². The van der Waals surface area contributed by atoms with E-state index in [-0.39, 0.29) is 11.4 Å². The molecule has 0 aromatic heterocycles. The van der Waals surface area contributed by atoms with Crippen LogP contribution in [0, 0.1) is 11.6 Å². The number of phenolic OH excluding ortho intramolecular Hbond substituents is 1. The molecule has 0 saturated carbocycles. The van der Waals surface area contributed by atoms with E-state index in [9.17, 15) is 13.9 Å². The smallest absolute Gasteiger partial charge is 0.166 e. The van der Waals surface area contributed by atoms with Crippen LogP contribution < -0.4 is 10.2 Å². The SMILES string of the molecule is CCOc1cccc(C=NNc2ccc(F)cc2F)c1O. The second kappa shape index (κ2) is 6.69. The Hall–Kier alpha value is -2.63. The molecular formula is C15H14F2N2O2. The quantitative estimate of drug-likeness (QED) is 0.655. The molecule has 0 heterocycles. The fourth-order valence-electron chi connectivity index (χ4n) is 1.67. The molecule has 2 rings (SSSR count). The van der Waals surface area contributed by atoms with Gasteiger partial charge in [-0.15, -0.1) is 0 Å². The van der Waals surface area contributed by atoms with E-state index in [0.29, 0.717) is 17.9 Å². The van der Waals surface area contributed by atoms with Crippen molar-refractivity contribution in [2.45, 2.75) is 6.92 Å². The fraction of sp³-hybridized carbons (Fsp3) is 0.133. The summed E-state index contributed by atoms with van der Waals surface area (Å²) in [5.41, 5.74) is 2.89. The second-order valence-corrected chi connectivity index (χ2v) is 4.12. The highest BCUT2D eigenvalue weighted by atomic mass is 19.1. The van der Waals surface area contributed by atoms with Crippen LogP contribution in [0.25, 0.3) is 0 Å². The number of rotatable bonds is 5. The van der Waals surface area contributed by atoms with Gasteiger partial charge in [0.25, 0.3) is 0 Å². The van der Waals surface area contributed by atoms with E-state index in [0.717, 1.165) is 12.1 Å². The van der Waals surface area contributed by atoms with Gasteiger partial charge in [0.05, 0.1) is 18.5 Å². The molecule has 2 aromatic rings. The van der Waals surface area contributed by atoms with Crippen LogP contribution in [0.5, 0.6) is 11.5 Å². The number of phenols is 1. The van der Waals surface area contributed by atoms with Crippen molar-refractivity contribution in [2.75, 3.05) is 12.0 Å². The molecule has 0 amide bonds. The average Bonchev–Trinajstić information content (AvgIpc) is 2.45. The Kier molecular flexibility index (Phi) is 4.71. The van der Waals surface area contributed by atoms with Crippen molar-refractivity contribution in [1.82, 2.24) is 0 Å². The van der Waals surface area contributed by atoms with E-state index in [4.69, 9.17) is 4.74 Å². The van der Waals surface area contributed by atoms with Crippen molar-refractivity contribution in [2.24, 2.45) is 5.10 Å². The number of benzene rings is 2. The summed E-state index contributed by atoms with van der Waals surface area (Å²) in [7, 11) is 0. The highest BCUT2D eigenvalue weighted by Crippen LogP contribution is 2.28. The minimum Gasteiger partial charge on any atom is -0.504 e. The van der Waals surface area contributed by atoms with Crippen LogP contribution in [-0.2, 0) is 0 Å². The summed E-state index contributed by atoms with van der Waals surface area (Å²) in [6.07, 6.45) is 1.32. The van der Waals surface area contributed by atoms with Crippen molar-refractivity contribution in [1.29, 1.82) is 0 Å². The lowest BCUT2D eigenvalue weighted by Crippen LogP contribution is -1.96. The Morgan fingerprint density at radius 3 is 2.81 bits per heavy atom. The van der Waals surface area contributed by atoms with Crippen molar-refractivity contribution < 1.29 is 18.6 Å². The van der Waals surface area contributed by atoms with Gasteiger partial charge in [-0.2, -0.15) is 5.10 Å². The van der Waals surface area contributed by atoms with E-state index < -0.39 is 11.6 Å². The Balaban J connectivity index is 2.13. The monoisotopic (exact) mass is 292 g/mol. The number of para-hydroxylation sites is 1. The Bertz CT molecular complexity index is 660. The van der Waals surface area contributed by atoms with E-state index in [2.05, 4.69) is 10.5 Å². The summed E-state index contributed by atoms with van der Waals surface area (Å²) in [6.45, 7) is 2.23. The predicted molar refractivity (Wildman–Crippen MR) is 76.9 cm³/mol. The van der Waals surface area contributed by atoms with E-state index in [1.807, 2.05) is 0 Å². The Morgan fingerprint density at radius 2 is 2.10 bits per heavy atom. The lowest BCUT2D eigenvalue weighted by Gasteiger charge is -2.07. The molecule has 0 atom stereocenters. The molecule has 0 aliphatic carbocycles. The molecule has 2 N–H and O–H groups in total. The molecule has 0 aliphatic heterocycles. The summed E-state index contributed by atoms with van der Waals surface area (Å²) >= 11 is 0. The third kappa shape index (κ3) is 3.68. The number of ether oxygens (including phenoxy) is 1. The van der Waals surface area contributed by atoms with Crippen molar-refractivity contribution >= 4 is 11.9 Å². The number of hydrazone groups is 1. The van der Waals surface area contributed by atoms with Crippen LogP contribution in [0.4, 0.5) is 14.5 Å². The Morgan fingerprint density at radius 1 is 1.29 bits per heavy atom. The van der Waals surface area contributed by atoms with Gasteiger partial charge >= 0.3 is 0 Å². The highest BCUT2D eigenvalue weighted by Gasteiger charge is 2.06. The van der Waals surface area contributed by atoms with Gasteiger partial charge in [-0.05, 0) is 31.2 Å². The number of aromatic hydroxyl groups is 1. The second-order valence-electron chi connectivity index (χ2n) is 4.12. The summed E-state index contributed by atoms with van der Waals surface area (Å²) < 4.78 is 31.4. The van der Waals surface area contributed by atoms with Crippen LogP contribution in [0.15, 0.2) is 41.5 Å². The number of nitrogens with one attached hydrogen (secondary N) is 1. The zero-order valence-corrected chi connectivity index (χ0v) is 11.3. The largest absolute Gasteiger partial charge is 0.504 e. The van der Waals surface area contributed by atoms with Crippen LogP contribution in [0.2, 0.25) is 0 Å². The van der Waals surface area contributed by atoms with E-state index in [1.54, 1.807) is 25.1 Å². The van der Waals surface area contributed by atoms with Crippen LogP contribution in [0.3, 0.4) is 0 Å². The first kappa shape index (κ1) is 14.8. The first-order chi connectivity index (χ1) is 10.1. The maximum absolute atomic E-state index is 13.4. The lowest BCUT2D eigenvalue weighted by molar-refractivity contribution is 0.318. The first-order valence-electron chi connectivity index (χ1n) is 6.30. The predicted octanol–water partition coefficient (Wildman–Crippen LogP) is 3.52. The maximum Gasteiger partial charge on any atom is 0.166 e. The lowest BCUT2D eigenvalue weighted by atomic mass is 10.2. The molecule has 21 heavy (non-hydrogen) atoms. The molecule has 0 spiro atoms. The van der Waals surface area contributed by atoms with Crippen LogP contribution in [-0.4, -0.2) is 17.9 Å². The van der Waals surface area contributed by atoms with Crippen LogP contribution in [0.1, 0.15) is 12.5 Å². The molecule has 0 radical (unpaired) electrons. The normalized spacial score (nSPS) is 10.8. The van der Waals surface area contributed by atoms with Gasteiger partial charge in [-0.3, -0.25) is 5.43 Å². The van der Waals surface area contributed by atoms with Gasteiger partial charge in [0.2, 0.25) is 0 Å². The maximum atomic E-state index is 13.4. The fourth-order valence-corrected chi connectivity index (χ4v) is 1.67. The average molecular weight is 292 g/mol. The summed E-state index contributed by atoms with van der Waals surface area (Å²) in [5.74, 6) is -1.12. The zero-order chi connectivity index (χ0) is 15.2. The number of hydrogen-bond acceptors (Lipinski definition) is 4. The number of halogens is 2. The highest BCUT2D eigenvalue weighted by molar-refractivity contribution is 5.85. The molecule has 0 bridgehead atoms. The summed E-state index contributed by atoms with van der Waals surface area (Å²) in [6, 6.07) is 8.06. The van der Waals surface area contributed by atoms with Gasteiger partial charge < -0.3 is 9.84 Å². The standard InChI is InChI=1S/C15H14F2N2O2/c1-2-21-14-5-3-4-10(15(14)20)9-18-19-13-7-6-11(16)8-12(13)17/h3-9,19-20H,2H2,1H3. The minimum absolute atomic E-state index is 0.0353. The summed E-state index contributed by atoms with van der Waals surface area (Å²) in [5, 5.41) is 13.8. The zero-order valence-electron chi connectivity index (χ0n) is 11.3. The molecule has 0 fully saturated rings. The van der Waals surface area contributed by atoms with E-state index in [1.165, 1.54) is 12.3 Å². The molecular weight excluding hydrogens is 278 g/mol. The third-order valence-corrected chi connectivity index (χ3v) is 2.65. The van der Waals surface area contributed by atoms with Gasteiger partial charge in [-0.1, -0.05) is 6.07 Å². The van der Waals surface area contributed by atoms with Crippen molar-refractivity contribution in [3.63, 3.8) is 0 Å². The van der Waals surface area contributed by atoms with Crippen LogP contribution >= 0.6 is 0 Å². The summed E-state index contributed by atoms with van der Waals surface area (Å²) in [4.78, 5) is 0. The van der Waals surface area contributed by atoms with Crippen molar-refractivity contribution in [3.8, 4) is 11.5 Å². The molecule has 6 heteroatoms. The molecule has 2 aromatic carbocycles. The van der Waals surface area contributed by atoms with Crippen molar-refractivity contribution in [3.05, 3.63) is 53.6 Å². The molecule has 0 aliphatic rings. The van der Waals surface area contributed by atoms with Gasteiger partial charge in [-0.25, -0.2) is 8.78 Å². The molecule has 4 nitrogen and oxygen atoms in total. The van der Waals surface area contributed by atoms with Gasteiger partial charge in [0, 0.05) is 11.6 Å². The van der Waals surface area contributed by atoms with Gasteiger partial charge in [0.15, 0.2) is 17.3 Å². The molecule has 0 saturated heterocycles.